The quantitative estimate of drug-likeness (QED) is 0.682. The minimum Gasteiger partial charge on any atom is -0.396 e. The monoisotopic (exact) mass is 321 g/mol. The zero-order valence-electron chi connectivity index (χ0n) is 11.7. The largest absolute Gasteiger partial charge is 0.421 e. The number of thioether (sulfide) groups is 1. The number of aliphatic hydroxyl groups excluding tert-OH is 1. The molecular formula is C13H18F3N3OS. The number of rotatable bonds is 4. The van der Waals surface area contributed by atoms with Gasteiger partial charge in [-0.15, -0.1) is 0 Å². The van der Waals surface area contributed by atoms with E-state index in [1.165, 1.54) is 11.8 Å². The SMILES string of the molecule is CSc1ncc(C(F)(F)F)c(N2CCCC[C@H]2CCO)n1. The maximum Gasteiger partial charge on any atom is 0.421 e. The standard InChI is InChI=1S/C13H18F3N3OS/c1-21-12-17-8-10(13(14,15)16)11(18-12)19-6-3-2-4-9(19)5-7-20/h8-9,20H,2-7H2,1H3/t9-/m0/s1. The highest BCUT2D eigenvalue weighted by atomic mass is 32.2. The summed E-state index contributed by atoms with van der Waals surface area (Å²) in [6, 6.07) is -0.102. The van der Waals surface area contributed by atoms with Crippen molar-refractivity contribution in [1.82, 2.24) is 9.97 Å². The molecule has 2 heterocycles. The molecule has 8 heteroatoms. The molecule has 118 valence electrons. The highest BCUT2D eigenvalue weighted by molar-refractivity contribution is 7.98. The summed E-state index contributed by atoms with van der Waals surface area (Å²) in [4.78, 5) is 9.52. The first kappa shape index (κ1) is 16.4. The number of aromatic nitrogens is 2. The Morgan fingerprint density at radius 2 is 2.19 bits per heavy atom. The number of hydrogen-bond donors (Lipinski definition) is 1. The van der Waals surface area contributed by atoms with Gasteiger partial charge in [0, 0.05) is 25.4 Å². The Hall–Kier alpha value is -1.02. The molecule has 2 rings (SSSR count). The predicted octanol–water partition coefficient (Wildman–Crippen LogP) is 2.96. The van der Waals surface area contributed by atoms with Gasteiger partial charge in [0.1, 0.15) is 11.4 Å². The summed E-state index contributed by atoms with van der Waals surface area (Å²) in [6.07, 6.45) is 1.13. The number of halogens is 3. The third-order valence-electron chi connectivity index (χ3n) is 3.60. The van der Waals surface area contributed by atoms with Crippen LogP contribution in [0.15, 0.2) is 11.4 Å². The second kappa shape index (κ2) is 6.83. The highest BCUT2D eigenvalue weighted by Gasteiger charge is 2.38. The number of nitrogens with zero attached hydrogens (tertiary/aromatic N) is 3. The van der Waals surface area contributed by atoms with Crippen LogP contribution in [0, 0.1) is 0 Å². The predicted molar refractivity (Wildman–Crippen MR) is 75.5 cm³/mol. The summed E-state index contributed by atoms with van der Waals surface area (Å²) in [5, 5.41) is 9.45. The Kier molecular flexibility index (Phi) is 5.32. The molecule has 1 aliphatic heterocycles. The Morgan fingerprint density at radius 1 is 1.43 bits per heavy atom. The molecule has 0 aliphatic carbocycles. The van der Waals surface area contributed by atoms with Crippen LogP contribution in [0.3, 0.4) is 0 Å². The third-order valence-corrected chi connectivity index (χ3v) is 4.16. The molecule has 4 nitrogen and oxygen atoms in total. The van der Waals surface area contributed by atoms with Crippen LogP contribution in [-0.2, 0) is 6.18 Å². The van der Waals surface area contributed by atoms with Crippen molar-refractivity contribution in [3.63, 3.8) is 0 Å². The number of anilines is 1. The fraction of sp³-hybridized carbons (Fsp3) is 0.692. The van der Waals surface area contributed by atoms with Crippen LogP contribution in [0.5, 0.6) is 0 Å². The van der Waals surface area contributed by atoms with Crippen LogP contribution in [0.25, 0.3) is 0 Å². The van der Waals surface area contributed by atoms with Gasteiger partial charge >= 0.3 is 6.18 Å². The normalized spacial score (nSPS) is 19.9. The van der Waals surface area contributed by atoms with Crippen molar-refractivity contribution in [1.29, 1.82) is 0 Å². The smallest absolute Gasteiger partial charge is 0.396 e. The average molecular weight is 321 g/mol. The molecule has 0 bridgehead atoms. The van der Waals surface area contributed by atoms with Crippen molar-refractivity contribution in [3.8, 4) is 0 Å². The number of alkyl halides is 3. The van der Waals surface area contributed by atoms with E-state index in [0.29, 0.717) is 18.1 Å². The number of piperidine rings is 1. The lowest BCUT2D eigenvalue weighted by molar-refractivity contribution is -0.137. The van der Waals surface area contributed by atoms with E-state index in [-0.39, 0.29) is 18.5 Å². The maximum absolute atomic E-state index is 13.2. The van der Waals surface area contributed by atoms with E-state index < -0.39 is 11.7 Å². The van der Waals surface area contributed by atoms with Gasteiger partial charge in [0.25, 0.3) is 0 Å². The Morgan fingerprint density at radius 3 is 2.81 bits per heavy atom. The number of hydrogen-bond acceptors (Lipinski definition) is 5. The molecule has 1 aromatic heterocycles. The summed E-state index contributed by atoms with van der Waals surface area (Å²) in [5.41, 5.74) is -0.801. The van der Waals surface area contributed by atoms with Gasteiger partial charge in [0.05, 0.1) is 0 Å². The minimum atomic E-state index is -4.48. The Labute approximate surface area is 125 Å². The van der Waals surface area contributed by atoms with E-state index in [2.05, 4.69) is 9.97 Å². The van der Waals surface area contributed by atoms with Gasteiger partial charge in [-0.1, -0.05) is 11.8 Å². The highest BCUT2D eigenvalue weighted by Crippen LogP contribution is 2.38. The summed E-state index contributed by atoms with van der Waals surface area (Å²) in [5.74, 6) is -0.0556. The first-order valence-electron chi connectivity index (χ1n) is 6.83. The van der Waals surface area contributed by atoms with Gasteiger partial charge in [-0.3, -0.25) is 0 Å². The van der Waals surface area contributed by atoms with E-state index in [9.17, 15) is 13.2 Å². The first-order chi connectivity index (χ1) is 9.97. The fourth-order valence-corrected chi connectivity index (χ4v) is 2.94. The topological polar surface area (TPSA) is 49.2 Å². The Balaban J connectivity index is 2.43. The van der Waals surface area contributed by atoms with Crippen molar-refractivity contribution in [3.05, 3.63) is 11.8 Å². The lowest BCUT2D eigenvalue weighted by Crippen LogP contribution is -2.42. The molecular weight excluding hydrogens is 303 g/mol. The van der Waals surface area contributed by atoms with Crippen LogP contribution in [-0.4, -0.2) is 40.5 Å². The molecule has 0 saturated carbocycles. The molecule has 0 radical (unpaired) electrons. The molecule has 0 aromatic carbocycles. The molecule has 1 N–H and O–H groups in total. The van der Waals surface area contributed by atoms with Crippen LogP contribution in [0.4, 0.5) is 19.0 Å². The van der Waals surface area contributed by atoms with Gasteiger partial charge in [0.15, 0.2) is 5.16 Å². The molecule has 21 heavy (non-hydrogen) atoms. The summed E-state index contributed by atoms with van der Waals surface area (Å²) < 4.78 is 39.6. The van der Waals surface area contributed by atoms with Crippen LogP contribution >= 0.6 is 11.8 Å². The van der Waals surface area contributed by atoms with E-state index in [1.54, 1.807) is 11.2 Å². The van der Waals surface area contributed by atoms with Crippen molar-refractivity contribution in [2.24, 2.45) is 0 Å². The minimum absolute atomic E-state index is 0.0387. The van der Waals surface area contributed by atoms with Crippen LogP contribution in [0.2, 0.25) is 0 Å². The molecule has 0 amide bonds. The summed E-state index contributed by atoms with van der Waals surface area (Å²) in [6.45, 7) is 0.488. The van der Waals surface area contributed by atoms with E-state index in [0.717, 1.165) is 25.5 Å². The van der Waals surface area contributed by atoms with Crippen molar-refractivity contribution in [2.45, 2.75) is 43.1 Å². The molecule has 1 atom stereocenters. The lowest BCUT2D eigenvalue weighted by Gasteiger charge is -2.37. The third kappa shape index (κ3) is 3.79. The van der Waals surface area contributed by atoms with Crippen molar-refractivity contribution in [2.75, 3.05) is 24.3 Å². The van der Waals surface area contributed by atoms with Gasteiger partial charge in [-0.2, -0.15) is 13.2 Å². The summed E-state index contributed by atoms with van der Waals surface area (Å²) in [7, 11) is 0. The molecule has 1 aliphatic rings. The van der Waals surface area contributed by atoms with Crippen molar-refractivity contribution >= 4 is 17.6 Å². The van der Waals surface area contributed by atoms with E-state index in [1.807, 2.05) is 0 Å². The molecule has 1 aromatic rings. The van der Waals surface area contributed by atoms with Crippen LogP contribution in [0.1, 0.15) is 31.2 Å². The molecule has 0 spiro atoms. The second-order valence-corrected chi connectivity index (χ2v) is 5.72. The van der Waals surface area contributed by atoms with Gasteiger partial charge < -0.3 is 10.0 Å². The van der Waals surface area contributed by atoms with E-state index in [4.69, 9.17) is 5.11 Å². The second-order valence-electron chi connectivity index (χ2n) is 4.95. The van der Waals surface area contributed by atoms with Crippen LogP contribution < -0.4 is 4.90 Å². The number of aliphatic hydroxyl groups is 1. The van der Waals surface area contributed by atoms with Gasteiger partial charge in [-0.25, -0.2) is 9.97 Å². The molecule has 0 unspecified atom stereocenters. The first-order valence-corrected chi connectivity index (χ1v) is 8.05. The van der Waals surface area contributed by atoms with Gasteiger partial charge in [-0.05, 0) is 31.9 Å². The zero-order valence-corrected chi connectivity index (χ0v) is 12.5. The zero-order chi connectivity index (χ0) is 15.5. The van der Waals surface area contributed by atoms with Gasteiger partial charge in [0.2, 0.25) is 0 Å². The van der Waals surface area contributed by atoms with Crippen molar-refractivity contribution < 1.29 is 18.3 Å². The Bertz CT molecular complexity index is 482. The molecule has 1 saturated heterocycles. The molecule has 1 fully saturated rings. The summed E-state index contributed by atoms with van der Waals surface area (Å²) >= 11 is 1.22. The average Bonchev–Trinajstić information content (AvgIpc) is 2.46. The fourth-order valence-electron chi connectivity index (χ4n) is 2.60. The van der Waals surface area contributed by atoms with E-state index >= 15 is 0 Å². The maximum atomic E-state index is 13.2. The lowest BCUT2D eigenvalue weighted by atomic mass is 9.99.